The molecule has 1 atom stereocenters. The molecule has 0 aliphatic heterocycles. The molecule has 0 bridgehead atoms. The average Bonchev–Trinajstić information content (AvgIpc) is 3.43. The standard InChI is InChI=1S/C29H30N4O5S/c1-18-14-19(2)26(20(3)15-18)39(36,37)33-25(29(35)38-4)16-21-8-10-22(11-9-21)23-6-5-7-24(17-23)32-28(34)27-30-12-13-31-27/h5-15,17,25,33H,16H2,1-4H3,(H,30,31)(H,32,34). The number of hydrogen-bond acceptors (Lipinski definition) is 6. The molecule has 39 heavy (non-hydrogen) atoms. The summed E-state index contributed by atoms with van der Waals surface area (Å²) in [6.45, 7) is 5.37. The third-order valence-corrected chi connectivity index (χ3v) is 7.99. The van der Waals surface area contributed by atoms with Gasteiger partial charge in [-0.25, -0.2) is 13.4 Å². The van der Waals surface area contributed by atoms with Crippen molar-refractivity contribution in [3.05, 3.63) is 101 Å². The molecule has 3 aromatic carbocycles. The van der Waals surface area contributed by atoms with Crippen molar-refractivity contribution >= 4 is 27.6 Å². The van der Waals surface area contributed by atoms with Crippen molar-refractivity contribution in [2.24, 2.45) is 0 Å². The molecule has 0 fully saturated rings. The molecule has 0 saturated carbocycles. The molecule has 1 aromatic heterocycles. The van der Waals surface area contributed by atoms with Gasteiger partial charge in [0.05, 0.1) is 12.0 Å². The van der Waals surface area contributed by atoms with Crippen molar-refractivity contribution in [3.63, 3.8) is 0 Å². The Morgan fingerprint density at radius 1 is 0.974 bits per heavy atom. The van der Waals surface area contributed by atoms with Crippen LogP contribution in [0.4, 0.5) is 5.69 Å². The van der Waals surface area contributed by atoms with E-state index in [0.29, 0.717) is 16.8 Å². The Balaban J connectivity index is 1.51. The molecule has 4 aromatic rings. The van der Waals surface area contributed by atoms with Crippen molar-refractivity contribution in [2.45, 2.75) is 38.1 Å². The van der Waals surface area contributed by atoms with Crippen LogP contribution in [0.25, 0.3) is 11.1 Å². The summed E-state index contributed by atoms with van der Waals surface area (Å²) in [7, 11) is -2.76. The van der Waals surface area contributed by atoms with E-state index in [4.69, 9.17) is 4.74 Å². The van der Waals surface area contributed by atoms with Crippen molar-refractivity contribution < 1.29 is 22.7 Å². The van der Waals surface area contributed by atoms with Gasteiger partial charge in [0, 0.05) is 18.1 Å². The Bertz CT molecular complexity index is 1570. The summed E-state index contributed by atoms with van der Waals surface area (Å²) < 4.78 is 34.0. The monoisotopic (exact) mass is 546 g/mol. The predicted molar refractivity (Wildman–Crippen MR) is 149 cm³/mol. The number of aromatic nitrogens is 2. The number of amides is 1. The van der Waals surface area contributed by atoms with Gasteiger partial charge in [0.15, 0.2) is 5.82 Å². The van der Waals surface area contributed by atoms with Crippen LogP contribution in [0.5, 0.6) is 0 Å². The maximum Gasteiger partial charge on any atom is 0.324 e. The number of rotatable bonds is 9. The number of sulfonamides is 1. The first-order valence-electron chi connectivity index (χ1n) is 12.3. The molecule has 0 saturated heterocycles. The Hall–Kier alpha value is -4.28. The van der Waals surface area contributed by atoms with Gasteiger partial charge < -0.3 is 15.0 Å². The molecule has 4 rings (SSSR count). The zero-order valence-corrected chi connectivity index (χ0v) is 22.9. The summed E-state index contributed by atoms with van der Waals surface area (Å²) in [4.78, 5) is 31.7. The quantitative estimate of drug-likeness (QED) is 0.268. The van der Waals surface area contributed by atoms with E-state index in [2.05, 4.69) is 20.0 Å². The number of H-pyrrole nitrogens is 1. The molecular formula is C29H30N4O5S. The van der Waals surface area contributed by atoms with Crippen LogP contribution in [-0.2, 0) is 26.0 Å². The molecule has 0 aliphatic carbocycles. The first-order valence-corrected chi connectivity index (χ1v) is 13.7. The summed E-state index contributed by atoms with van der Waals surface area (Å²) in [5.41, 5.74) is 5.28. The lowest BCUT2D eigenvalue weighted by atomic mass is 10.0. The third kappa shape index (κ3) is 6.60. The lowest BCUT2D eigenvalue weighted by molar-refractivity contribution is -0.142. The highest BCUT2D eigenvalue weighted by molar-refractivity contribution is 7.89. The molecule has 3 N–H and O–H groups in total. The molecule has 0 radical (unpaired) electrons. The van der Waals surface area contributed by atoms with Crippen LogP contribution >= 0.6 is 0 Å². The number of methoxy groups -OCH3 is 1. The van der Waals surface area contributed by atoms with Crippen molar-refractivity contribution in [3.8, 4) is 11.1 Å². The summed E-state index contributed by atoms with van der Waals surface area (Å²) in [5, 5.41) is 2.81. The minimum atomic E-state index is -3.99. The fourth-order valence-electron chi connectivity index (χ4n) is 4.58. The zero-order chi connectivity index (χ0) is 28.2. The molecule has 1 unspecified atom stereocenters. The SMILES string of the molecule is COC(=O)C(Cc1ccc(-c2cccc(NC(=O)c3ncc[nH]3)c2)cc1)NS(=O)(=O)c1c(C)cc(C)cc1C. The number of carbonyl (C=O) groups excluding carboxylic acids is 2. The van der Waals surface area contributed by atoms with Crippen LogP contribution in [0.3, 0.4) is 0 Å². The number of benzene rings is 3. The molecular weight excluding hydrogens is 516 g/mol. The van der Waals surface area contributed by atoms with Gasteiger partial charge in [-0.05, 0) is 67.1 Å². The van der Waals surface area contributed by atoms with E-state index in [9.17, 15) is 18.0 Å². The fourth-order valence-corrected chi connectivity index (χ4v) is 6.22. The topological polar surface area (TPSA) is 130 Å². The first-order chi connectivity index (χ1) is 18.6. The van der Waals surface area contributed by atoms with Crippen LogP contribution in [0, 0.1) is 20.8 Å². The second-order valence-corrected chi connectivity index (χ2v) is 10.9. The van der Waals surface area contributed by atoms with E-state index in [1.165, 1.54) is 13.3 Å². The number of nitrogens with one attached hydrogen (secondary N) is 3. The van der Waals surface area contributed by atoms with Crippen LogP contribution < -0.4 is 10.0 Å². The molecule has 10 heteroatoms. The number of imidazole rings is 1. The Kier molecular flexibility index (Phi) is 8.27. The molecule has 0 spiro atoms. The van der Waals surface area contributed by atoms with Gasteiger partial charge in [-0.1, -0.05) is 54.1 Å². The van der Waals surface area contributed by atoms with Crippen LogP contribution in [0.1, 0.15) is 32.9 Å². The molecule has 0 aliphatic rings. The number of anilines is 1. The number of esters is 1. The minimum absolute atomic E-state index is 0.107. The van der Waals surface area contributed by atoms with Crippen molar-refractivity contribution in [1.29, 1.82) is 0 Å². The number of aryl methyl sites for hydroxylation is 3. The predicted octanol–water partition coefficient (Wildman–Crippen LogP) is 4.32. The summed E-state index contributed by atoms with van der Waals surface area (Å²) in [5.74, 6) is -0.807. The van der Waals surface area contributed by atoms with Gasteiger partial charge in [0.1, 0.15) is 6.04 Å². The molecule has 9 nitrogen and oxygen atoms in total. The van der Waals surface area contributed by atoms with Gasteiger partial charge in [-0.2, -0.15) is 4.72 Å². The normalized spacial score (nSPS) is 12.1. The van der Waals surface area contributed by atoms with E-state index in [1.54, 1.807) is 38.2 Å². The van der Waals surface area contributed by atoms with Crippen LogP contribution in [0.15, 0.2) is 78.0 Å². The van der Waals surface area contributed by atoms with Gasteiger partial charge in [0.2, 0.25) is 10.0 Å². The smallest absolute Gasteiger partial charge is 0.324 e. The second kappa shape index (κ2) is 11.6. The number of ether oxygens (including phenoxy) is 1. The molecule has 1 amide bonds. The van der Waals surface area contributed by atoms with E-state index < -0.39 is 22.0 Å². The van der Waals surface area contributed by atoms with E-state index >= 15 is 0 Å². The Morgan fingerprint density at radius 3 is 2.28 bits per heavy atom. The zero-order valence-electron chi connectivity index (χ0n) is 22.1. The van der Waals surface area contributed by atoms with Gasteiger partial charge in [-0.15, -0.1) is 0 Å². The summed E-state index contributed by atoms with van der Waals surface area (Å²) >= 11 is 0. The van der Waals surface area contributed by atoms with E-state index in [-0.39, 0.29) is 23.0 Å². The Morgan fingerprint density at radius 2 is 1.67 bits per heavy atom. The number of hydrogen-bond donors (Lipinski definition) is 3. The Labute approximate surface area is 227 Å². The van der Waals surface area contributed by atoms with Crippen LogP contribution in [0.2, 0.25) is 0 Å². The fraction of sp³-hybridized carbons (Fsp3) is 0.207. The second-order valence-electron chi connectivity index (χ2n) is 9.30. The maximum atomic E-state index is 13.3. The first kappa shape index (κ1) is 27.7. The molecule has 202 valence electrons. The highest BCUT2D eigenvalue weighted by Gasteiger charge is 2.29. The number of carbonyl (C=O) groups is 2. The van der Waals surface area contributed by atoms with Crippen molar-refractivity contribution in [2.75, 3.05) is 12.4 Å². The molecule has 1 heterocycles. The van der Waals surface area contributed by atoms with Gasteiger partial charge >= 0.3 is 5.97 Å². The number of aromatic amines is 1. The lowest BCUT2D eigenvalue weighted by Gasteiger charge is -2.19. The minimum Gasteiger partial charge on any atom is -0.468 e. The average molecular weight is 547 g/mol. The van der Waals surface area contributed by atoms with Crippen LogP contribution in [-0.4, -0.2) is 43.4 Å². The van der Waals surface area contributed by atoms with Gasteiger partial charge in [0.25, 0.3) is 5.91 Å². The third-order valence-electron chi connectivity index (χ3n) is 6.22. The highest BCUT2D eigenvalue weighted by Crippen LogP contribution is 2.25. The van der Waals surface area contributed by atoms with Gasteiger partial charge in [-0.3, -0.25) is 9.59 Å². The summed E-state index contributed by atoms with van der Waals surface area (Å²) in [6.07, 6.45) is 3.19. The largest absolute Gasteiger partial charge is 0.468 e. The lowest BCUT2D eigenvalue weighted by Crippen LogP contribution is -2.43. The highest BCUT2D eigenvalue weighted by atomic mass is 32.2. The van der Waals surface area contributed by atoms with E-state index in [0.717, 1.165) is 22.3 Å². The summed E-state index contributed by atoms with van der Waals surface area (Å²) in [6, 6.07) is 17.3. The number of nitrogens with zero attached hydrogens (tertiary/aromatic N) is 1. The van der Waals surface area contributed by atoms with Crippen molar-refractivity contribution in [1.82, 2.24) is 14.7 Å². The van der Waals surface area contributed by atoms with E-state index in [1.807, 2.05) is 49.4 Å². The maximum absolute atomic E-state index is 13.3.